The van der Waals surface area contributed by atoms with E-state index in [9.17, 15) is 29.4 Å². The highest BCUT2D eigenvalue weighted by molar-refractivity contribution is 5.74. The van der Waals surface area contributed by atoms with E-state index in [1.165, 1.54) is 14.0 Å². The van der Waals surface area contributed by atoms with E-state index in [-0.39, 0.29) is 42.0 Å². The van der Waals surface area contributed by atoms with Gasteiger partial charge in [0.05, 0.1) is 25.4 Å². The molecule has 0 heterocycles. The number of aliphatic carboxylic acids is 2. The normalized spacial score (nSPS) is 41.7. The average molecular weight is 453 g/mol. The highest BCUT2D eigenvalue weighted by atomic mass is 16.5. The molecule has 0 spiro atoms. The molecule has 0 unspecified atom stereocenters. The number of methoxy groups -OCH3 is 1. The molecule has 0 aromatic heterocycles. The summed E-state index contributed by atoms with van der Waals surface area (Å²) in [5.74, 6) is -3.78. The summed E-state index contributed by atoms with van der Waals surface area (Å²) in [4.78, 5) is 48.4. The van der Waals surface area contributed by atoms with Crippen molar-refractivity contribution >= 4 is 23.9 Å². The zero-order valence-electron chi connectivity index (χ0n) is 19.6. The van der Waals surface area contributed by atoms with Crippen LogP contribution in [0.4, 0.5) is 0 Å². The molecule has 3 aliphatic rings. The van der Waals surface area contributed by atoms with Crippen molar-refractivity contribution in [3.05, 3.63) is 0 Å². The van der Waals surface area contributed by atoms with Crippen LogP contribution in [0.2, 0.25) is 0 Å². The monoisotopic (exact) mass is 452 g/mol. The second-order valence-electron chi connectivity index (χ2n) is 10.6. The van der Waals surface area contributed by atoms with Crippen LogP contribution < -0.4 is 0 Å². The summed E-state index contributed by atoms with van der Waals surface area (Å²) in [6.45, 7) is 7.09. The first-order valence-corrected chi connectivity index (χ1v) is 11.6. The molecule has 0 bridgehead atoms. The van der Waals surface area contributed by atoms with Crippen LogP contribution in [0.25, 0.3) is 0 Å². The largest absolute Gasteiger partial charge is 0.481 e. The van der Waals surface area contributed by atoms with Gasteiger partial charge in [-0.3, -0.25) is 19.2 Å². The first-order valence-electron chi connectivity index (χ1n) is 11.6. The van der Waals surface area contributed by atoms with E-state index in [4.69, 9.17) is 9.47 Å². The van der Waals surface area contributed by atoms with Crippen LogP contribution in [-0.4, -0.2) is 47.3 Å². The fraction of sp³-hybridized carbons (Fsp3) is 0.833. The SMILES string of the molecule is COC(=O)[C@@H](C)[C@@H]1CC[C@@H]2[C@@H]3CC[C@H](C(=O)O)[C@](C)(CC(=O)O)[C@@H]3C[C@H](OC(C)=O)[C@@]21C. The number of carbonyl (C=O) groups is 4. The van der Waals surface area contributed by atoms with Gasteiger partial charge in [-0.1, -0.05) is 20.8 Å². The Balaban J connectivity index is 2.06. The lowest BCUT2D eigenvalue weighted by molar-refractivity contribution is -0.198. The third-order valence-electron chi connectivity index (χ3n) is 9.33. The molecule has 9 atom stereocenters. The standard InChI is InChI=1S/C24H36O8/c1-12(22(30)31-5)15-8-9-16-14-6-7-17(21(28)29)23(3,11-20(26)27)18(14)10-19(24(15,16)4)32-13(2)25/h12,14-19H,6-11H2,1-5H3,(H,26,27)(H,28,29)/t12-,14-,15-,16+,17+,18+,19-,23-,24+/m0/s1. The highest BCUT2D eigenvalue weighted by Gasteiger charge is 2.66. The molecule has 0 aromatic carbocycles. The Morgan fingerprint density at radius 3 is 2.22 bits per heavy atom. The molecule has 0 radical (unpaired) electrons. The van der Waals surface area contributed by atoms with Gasteiger partial charge in [-0.25, -0.2) is 0 Å². The zero-order chi connectivity index (χ0) is 24.0. The summed E-state index contributed by atoms with van der Waals surface area (Å²) in [6.07, 6.45) is 2.43. The fourth-order valence-electron chi connectivity index (χ4n) is 7.96. The van der Waals surface area contributed by atoms with Crippen molar-refractivity contribution in [1.82, 2.24) is 0 Å². The van der Waals surface area contributed by atoms with Gasteiger partial charge in [0.25, 0.3) is 0 Å². The molecule has 8 heteroatoms. The highest BCUT2D eigenvalue weighted by Crippen LogP contribution is 2.67. The quantitative estimate of drug-likeness (QED) is 0.587. The van der Waals surface area contributed by atoms with Crippen molar-refractivity contribution < 1.29 is 38.9 Å². The van der Waals surface area contributed by atoms with E-state index in [0.717, 1.165) is 12.8 Å². The molecule has 2 N–H and O–H groups in total. The lowest BCUT2D eigenvalue weighted by Gasteiger charge is -2.60. The van der Waals surface area contributed by atoms with Gasteiger partial charge in [-0.15, -0.1) is 0 Å². The van der Waals surface area contributed by atoms with E-state index >= 15 is 0 Å². The molecule has 3 rings (SSSR count). The number of carboxylic acid groups (broad SMARTS) is 2. The molecule has 0 amide bonds. The summed E-state index contributed by atoms with van der Waals surface area (Å²) in [5.41, 5.74) is -1.40. The Labute approximate surface area is 189 Å². The van der Waals surface area contributed by atoms with Gasteiger partial charge in [0.2, 0.25) is 0 Å². The second kappa shape index (κ2) is 8.67. The number of esters is 2. The molecule has 0 aliphatic heterocycles. The topological polar surface area (TPSA) is 127 Å². The molecule has 3 saturated carbocycles. The molecule has 0 saturated heterocycles. The Morgan fingerprint density at radius 1 is 1.03 bits per heavy atom. The van der Waals surface area contributed by atoms with E-state index in [1.54, 1.807) is 6.92 Å². The van der Waals surface area contributed by atoms with Gasteiger partial charge in [0, 0.05) is 12.3 Å². The van der Waals surface area contributed by atoms with Crippen molar-refractivity contribution in [3.63, 3.8) is 0 Å². The van der Waals surface area contributed by atoms with Crippen molar-refractivity contribution in [2.75, 3.05) is 7.11 Å². The molecule has 0 aromatic rings. The van der Waals surface area contributed by atoms with Crippen LogP contribution in [0, 0.1) is 46.3 Å². The van der Waals surface area contributed by atoms with E-state index < -0.39 is 40.8 Å². The summed E-state index contributed by atoms with van der Waals surface area (Å²) >= 11 is 0. The van der Waals surface area contributed by atoms with Crippen molar-refractivity contribution in [1.29, 1.82) is 0 Å². The van der Waals surface area contributed by atoms with E-state index in [1.807, 2.05) is 6.92 Å². The minimum Gasteiger partial charge on any atom is -0.481 e. The summed E-state index contributed by atoms with van der Waals surface area (Å²) in [5, 5.41) is 19.5. The molecule has 3 aliphatic carbocycles. The summed E-state index contributed by atoms with van der Waals surface area (Å²) < 4.78 is 10.9. The molecule has 180 valence electrons. The predicted molar refractivity (Wildman–Crippen MR) is 113 cm³/mol. The van der Waals surface area contributed by atoms with Gasteiger partial charge in [-0.05, 0) is 61.2 Å². The Kier molecular flexibility index (Phi) is 6.64. The zero-order valence-corrected chi connectivity index (χ0v) is 19.6. The molecule has 32 heavy (non-hydrogen) atoms. The maximum Gasteiger partial charge on any atom is 0.308 e. The maximum atomic E-state index is 12.4. The number of carbonyl (C=O) groups excluding carboxylic acids is 2. The fourth-order valence-corrected chi connectivity index (χ4v) is 7.96. The minimum absolute atomic E-state index is 0.0341. The lowest BCUT2D eigenvalue weighted by atomic mass is 9.45. The lowest BCUT2D eigenvalue weighted by Crippen LogP contribution is -2.60. The first-order chi connectivity index (χ1) is 14.9. The average Bonchev–Trinajstić information content (AvgIpc) is 3.05. The van der Waals surface area contributed by atoms with Gasteiger partial charge in [0.15, 0.2) is 0 Å². The smallest absolute Gasteiger partial charge is 0.308 e. The van der Waals surface area contributed by atoms with Crippen LogP contribution in [-0.2, 0) is 28.7 Å². The van der Waals surface area contributed by atoms with Crippen LogP contribution in [0.15, 0.2) is 0 Å². The van der Waals surface area contributed by atoms with Crippen LogP contribution in [0.5, 0.6) is 0 Å². The van der Waals surface area contributed by atoms with Crippen molar-refractivity contribution in [2.24, 2.45) is 46.3 Å². The Hall–Kier alpha value is -2.12. The third kappa shape index (κ3) is 3.79. The second-order valence-corrected chi connectivity index (χ2v) is 10.6. The van der Waals surface area contributed by atoms with Crippen molar-refractivity contribution in [3.8, 4) is 0 Å². The summed E-state index contributed by atoms with van der Waals surface area (Å²) in [7, 11) is 1.37. The third-order valence-corrected chi connectivity index (χ3v) is 9.33. The van der Waals surface area contributed by atoms with Crippen molar-refractivity contribution in [2.45, 2.75) is 72.3 Å². The number of rotatable bonds is 6. The van der Waals surface area contributed by atoms with E-state index in [2.05, 4.69) is 6.92 Å². The minimum atomic E-state index is -1.01. The number of carboxylic acids is 2. The Bertz CT molecular complexity index is 793. The van der Waals surface area contributed by atoms with Crippen LogP contribution >= 0.6 is 0 Å². The Morgan fingerprint density at radius 2 is 1.69 bits per heavy atom. The van der Waals surface area contributed by atoms with Crippen LogP contribution in [0.3, 0.4) is 0 Å². The first kappa shape index (κ1) is 24.5. The summed E-state index contributed by atoms with van der Waals surface area (Å²) in [6, 6.07) is 0. The number of fused-ring (bicyclic) bond motifs is 3. The van der Waals surface area contributed by atoms with Crippen LogP contribution in [0.1, 0.15) is 66.2 Å². The molecular weight excluding hydrogens is 416 g/mol. The van der Waals surface area contributed by atoms with E-state index in [0.29, 0.717) is 19.3 Å². The predicted octanol–water partition coefficient (Wildman–Crippen LogP) is 3.37. The maximum absolute atomic E-state index is 12.4. The van der Waals surface area contributed by atoms with Gasteiger partial charge < -0.3 is 19.7 Å². The van der Waals surface area contributed by atoms with Gasteiger partial charge in [0.1, 0.15) is 6.10 Å². The molecular formula is C24H36O8. The number of ether oxygens (including phenoxy) is 2. The molecule has 3 fully saturated rings. The number of hydrogen-bond donors (Lipinski definition) is 2. The van der Waals surface area contributed by atoms with Gasteiger partial charge >= 0.3 is 23.9 Å². The molecule has 8 nitrogen and oxygen atoms in total. The number of hydrogen-bond acceptors (Lipinski definition) is 6. The van der Waals surface area contributed by atoms with Gasteiger partial charge in [-0.2, -0.15) is 0 Å².